The largest absolute Gasteiger partial charge is 0.491 e. The number of aliphatic hydroxyl groups excluding tert-OH is 1. The third-order valence-corrected chi connectivity index (χ3v) is 6.77. The van der Waals surface area contributed by atoms with Crippen LogP contribution in [0, 0.1) is 0 Å². The third kappa shape index (κ3) is 7.33. The number of alkyl halides is 3. The summed E-state index contributed by atoms with van der Waals surface area (Å²) in [5.74, 6) is 0.986. The van der Waals surface area contributed by atoms with E-state index in [0.717, 1.165) is 17.8 Å². The topological polar surface area (TPSA) is 125 Å². The highest BCUT2D eigenvalue weighted by Crippen LogP contribution is 2.38. The van der Waals surface area contributed by atoms with E-state index in [1.807, 2.05) is 17.0 Å². The number of aliphatic hydroxyl groups is 1. The van der Waals surface area contributed by atoms with Gasteiger partial charge in [0.15, 0.2) is 11.5 Å². The number of piperazine rings is 1. The maximum atomic E-state index is 13.6. The number of fused-ring (bicyclic) bond motifs is 1. The molecular formula is C29H30F3N5O6. The van der Waals surface area contributed by atoms with Gasteiger partial charge in [0.05, 0.1) is 23.5 Å². The van der Waals surface area contributed by atoms with Crippen molar-refractivity contribution in [1.29, 1.82) is 0 Å². The van der Waals surface area contributed by atoms with E-state index in [1.165, 1.54) is 11.0 Å². The Morgan fingerprint density at radius 2 is 1.63 bits per heavy atom. The number of nitrogens with zero attached hydrogens (tertiary/aromatic N) is 2. The lowest BCUT2D eigenvalue weighted by molar-refractivity contribution is -0.137. The van der Waals surface area contributed by atoms with Crippen molar-refractivity contribution in [2.24, 2.45) is 0 Å². The smallest absolute Gasteiger partial charge is 0.418 e. The molecule has 4 amide bonds. The van der Waals surface area contributed by atoms with Crippen LogP contribution in [-0.2, 0) is 6.18 Å². The second-order valence-electron chi connectivity index (χ2n) is 9.64. The molecule has 2 heterocycles. The van der Waals surface area contributed by atoms with Gasteiger partial charge in [0, 0.05) is 37.6 Å². The molecule has 228 valence electrons. The Kier molecular flexibility index (Phi) is 8.95. The van der Waals surface area contributed by atoms with E-state index in [9.17, 15) is 22.8 Å². The van der Waals surface area contributed by atoms with Crippen molar-refractivity contribution in [2.75, 3.05) is 73.5 Å². The van der Waals surface area contributed by atoms with E-state index in [-0.39, 0.29) is 24.7 Å². The molecule has 0 atom stereocenters. The second kappa shape index (κ2) is 13.0. The van der Waals surface area contributed by atoms with Crippen molar-refractivity contribution < 1.29 is 42.1 Å². The van der Waals surface area contributed by atoms with Crippen LogP contribution in [0.2, 0.25) is 0 Å². The van der Waals surface area contributed by atoms with Crippen molar-refractivity contribution in [2.45, 2.75) is 6.18 Å². The Balaban J connectivity index is 1.13. The molecule has 43 heavy (non-hydrogen) atoms. The second-order valence-corrected chi connectivity index (χ2v) is 9.64. The fraction of sp³-hybridized carbons (Fsp3) is 0.310. The molecule has 11 nitrogen and oxygen atoms in total. The van der Waals surface area contributed by atoms with E-state index in [2.05, 4.69) is 16.0 Å². The average Bonchev–Trinajstić information content (AvgIpc) is 3.00. The number of hydrogen-bond acceptors (Lipinski definition) is 7. The fourth-order valence-electron chi connectivity index (χ4n) is 4.69. The first kappa shape index (κ1) is 29.6. The standard InChI is InChI=1S/C29H30F3N5O6/c30-29(31,32)22-18-21(41-15-14-38)8-9-23(22)35-28(40)37-12-10-36(11-13-37)20-6-4-19(5-7-20)33-27(39)34-24-2-1-3-25-26(24)43-17-16-42-25/h1-9,18,38H,10-17H2,(H,35,40)(H2,33,34,39). The quantitative estimate of drug-likeness (QED) is 0.305. The maximum Gasteiger partial charge on any atom is 0.418 e. The van der Waals surface area contributed by atoms with Crippen LogP contribution in [0.3, 0.4) is 0 Å². The van der Waals surface area contributed by atoms with Crippen LogP contribution in [-0.4, -0.2) is 74.7 Å². The first-order chi connectivity index (χ1) is 20.7. The van der Waals surface area contributed by atoms with Crippen LogP contribution in [0.1, 0.15) is 5.56 Å². The average molecular weight is 602 g/mol. The first-order valence-electron chi connectivity index (χ1n) is 13.5. The zero-order chi connectivity index (χ0) is 30.4. The first-order valence-corrected chi connectivity index (χ1v) is 13.5. The molecule has 0 radical (unpaired) electrons. The Labute approximate surface area is 245 Å². The van der Waals surface area contributed by atoms with Gasteiger partial charge in [-0.25, -0.2) is 9.59 Å². The number of anilines is 4. The lowest BCUT2D eigenvalue weighted by Crippen LogP contribution is -2.50. The van der Waals surface area contributed by atoms with E-state index in [0.29, 0.717) is 62.3 Å². The summed E-state index contributed by atoms with van der Waals surface area (Å²) >= 11 is 0. The fourth-order valence-corrected chi connectivity index (χ4v) is 4.69. The SMILES string of the molecule is O=C(Nc1ccc(N2CCN(C(=O)Nc3ccc(OCCO)cc3C(F)(F)F)CC2)cc1)Nc1cccc2c1OCCO2. The molecule has 2 aliphatic rings. The maximum absolute atomic E-state index is 13.6. The minimum atomic E-state index is -4.72. The van der Waals surface area contributed by atoms with E-state index in [1.54, 1.807) is 30.3 Å². The molecule has 0 spiro atoms. The molecule has 0 unspecified atom stereocenters. The van der Waals surface area contributed by atoms with E-state index < -0.39 is 23.8 Å². The number of para-hydroxylation sites is 1. The number of ether oxygens (including phenoxy) is 3. The van der Waals surface area contributed by atoms with Gasteiger partial charge < -0.3 is 45.1 Å². The van der Waals surface area contributed by atoms with Crippen LogP contribution < -0.4 is 35.1 Å². The summed E-state index contributed by atoms with van der Waals surface area (Å²) in [6.07, 6.45) is -4.72. The number of benzene rings is 3. The third-order valence-electron chi connectivity index (χ3n) is 6.77. The van der Waals surface area contributed by atoms with Gasteiger partial charge in [-0.05, 0) is 54.6 Å². The lowest BCUT2D eigenvalue weighted by atomic mass is 10.1. The van der Waals surface area contributed by atoms with E-state index >= 15 is 0 Å². The summed E-state index contributed by atoms with van der Waals surface area (Å²) in [5.41, 5.74) is 0.507. The Bertz CT molecular complexity index is 1450. The Morgan fingerprint density at radius 3 is 2.35 bits per heavy atom. The van der Waals surface area contributed by atoms with Gasteiger partial charge in [-0.2, -0.15) is 13.2 Å². The minimum absolute atomic E-state index is 0.0609. The number of nitrogens with one attached hydrogen (secondary N) is 3. The van der Waals surface area contributed by atoms with Crippen LogP contribution >= 0.6 is 0 Å². The van der Waals surface area contributed by atoms with Gasteiger partial charge >= 0.3 is 18.2 Å². The molecule has 0 saturated carbocycles. The molecule has 14 heteroatoms. The molecule has 5 rings (SSSR count). The van der Waals surface area contributed by atoms with Gasteiger partial charge in [-0.3, -0.25) is 0 Å². The number of urea groups is 2. The predicted octanol–water partition coefficient (Wildman–Crippen LogP) is 4.85. The molecule has 0 aliphatic carbocycles. The number of carbonyl (C=O) groups is 2. The van der Waals surface area contributed by atoms with E-state index in [4.69, 9.17) is 19.3 Å². The summed E-state index contributed by atoms with van der Waals surface area (Å²) in [7, 11) is 0. The summed E-state index contributed by atoms with van der Waals surface area (Å²) in [6.45, 7) is 1.85. The van der Waals surface area contributed by atoms with Gasteiger partial charge in [-0.15, -0.1) is 0 Å². The summed E-state index contributed by atoms with van der Waals surface area (Å²) in [5, 5.41) is 16.8. The number of halogens is 3. The van der Waals surface area contributed by atoms with Crippen LogP contribution in [0.25, 0.3) is 0 Å². The van der Waals surface area contributed by atoms with Crippen LogP contribution in [0.15, 0.2) is 60.7 Å². The van der Waals surface area contributed by atoms with Gasteiger partial charge in [-0.1, -0.05) is 6.07 Å². The molecule has 1 saturated heterocycles. The van der Waals surface area contributed by atoms with Crippen molar-refractivity contribution >= 4 is 34.8 Å². The van der Waals surface area contributed by atoms with Crippen LogP contribution in [0.4, 0.5) is 45.5 Å². The highest BCUT2D eigenvalue weighted by Gasteiger charge is 2.35. The number of rotatable bonds is 7. The molecule has 2 aliphatic heterocycles. The Hall–Kier alpha value is -4.85. The number of amides is 4. The molecule has 4 N–H and O–H groups in total. The molecule has 1 fully saturated rings. The van der Waals surface area contributed by atoms with Crippen molar-refractivity contribution in [3.8, 4) is 17.2 Å². The number of carbonyl (C=O) groups excluding carboxylic acids is 2. The van der Waals surface area contributed by atoms with Gasteiger partial charge in [0.1, 0.15) is 25.6 Å². The lowest BCUT2D eigenvalue weighted by Gasteiger charge is -2.36. The highest BCUT2D eigenvalue weighted by molar-refractivity contribution is 6.01. The molecule has 3 aromatic carbocycles. The minimum Gasteiger partial charge on any atom is -0.491 e. The van der Waals surface area contributed by atoms with Crippen molar-refractivity contribution in [3.05, 3.63) is 66.2 Å². The molecule has 0 bridgehead atoms. The van der Waals surface area contributed by atoms with Crippen LogP contribution in [0.5, 0.6) is 17.2 Å². The van der Waals surface area contributed by atoms with Crippen molar-refractivity contribution in [1.82, 2.24) is 4.90 Å². The van der Waals surface area contributed by atoms with Gasteiger partial charge in [0.25, 0.3) is 0 Å². The zero-order valence-electron chi connectivity index (χ0n) is 22.9. The summed E-state index contributed by atoms with van der Waals surface area (Å²) in [6, 6.07) is 14.6. The highest BCUT2D eigenvalue weighted by atomic mass is 19.4. The monoisotopic (exact) mass is 601 g/mol. The zero-order valence-corrected chi connectivity index (χ0v) is 22.9. The summed E-state index contributed by atoms with van der Waals surface area (Å²) < 4.78 is 57.1. The summed E-state index contributed by atoms with van der Waals surface area (Å²) in [4.78, 5) is 28.9. The van der Waals surface area contributed by atoms with Gasteiger partial charge in [0.2, 0.25) is 0 Å². The van der Waals surface area contributed by atoms with Crippen molar-refractivity contribution in [3.63, 3.8) is 0 Å². The molecular weight excluding hydrogens is 571 g/mol. The normalized spacial score (nSPS) is 14.6. The molecule has 0 aromatic heterocycles. The Morgan fingerprint density at radius 1 is 0.884 bits per heavy atom. The predicted molar refractivity (Wildman–Crippen MR) is 153 cm³/mol. The number of hydrogen-bond donors (Lipinski definition) is 4. The molecule has 3 aromatic rings.